The second-order valence-corrected chi connectivity index (χ2v) is 2.24. The quantitative estimate of drug-likeness (QED) is 0.419. The molecule has 0 rings (SSSR count). The van der Waals surface area contributed by atoms with E-state index in [9.17, 15) is 4.91 Å². The van der Waals surface area contributed by atoms with E-state index in [0.717, 1.165) is 6.42 Å². The summed E-state index contributed by atoms with van der Waals surface area (Å²) in [6, 6.07) is 0. The molecule has 3 nitrogen and oxygen atoms in total. The van der Waals surface area contributed by atoms with Gasteiger partial charge in [-0.05, 0) is 19.8 Å². The third kappa shape index (κ3) is 5.73. The molecule has 1 atom stereocenters. The summed E-state index contributed by atoms with van der Waals surface area (Å²) in [4.78, 5) is 9.79. The molecule has 0 aromatic carbocycles. The van der Waals surface area contributed by atoms with Gasteiger partial charge >= 0.3 is 0 Å². The van der Waals surface area contributed by atoms with Crippen molar-refractivity contribution in [3.05, 3.63) is 17.6 Å². The zero-order chi connectivity index (χ0) is 8.53. The van der Waals surface area contributed by atoms with Crippen LogP contribution in [-0.2, 0) is 4.74 Å². The molecule has 64 valence electrons. The topological polar surface area (TPSA) is 38.7 Å². The Balaban J connectivity index is 3.49. The third-order valence-corrected chi connectivity index (χ3v) is 1.37. The fourth-order valence-corrected chi connectivity index (χ4v) is 0.888. The van der Waals surface area contributed by atoms with Crippen molar-refractivity contribution in [1.29, 1.82) is 0 Å². The van der Waals surface area contributed by atoms with E-state index in [1.807, 2.05) is 6.92 Å². The number of hydrogen-bond donors (Lipinski definition) is 0. The van der Waals surface area contributed by atoms with Gasteiger partial charge < -0.3 is 4.74 Å². The number of nitrogens with zero attached hydrogens (tertiary/aromatic N) is 1. The molecule has 0 N–H and O–H groups in total. The maximum atomic E-state index is 9.79. The van der Waals surface area contributed by atoms with Gasteiger partial charge in [0.2, 0.25) is 0 Å². The smallest absolute Gasteiger partial charge is 0.0835 e. The van der Waals surface area contributed by atoms with Crippen LogP contribution in [0.5, 0.6) is 0 Å². The molecule has 0 amide bonds. The molecule has 0 spiro atoms. The van der Waals surface area contributed by atoms with Crippen LogP contribution in [0.2, 0.25) is 0 Å². The van der Waals surface area contributed by atoms with E-state index < -0.39 is 0 Å². The summed E-state index contributed by atoms with van der Waals surface area (Å²) in [6.07, 6.45) is 3.41. The summed E-state index contributed by atoms with van der Waals surface area (Å²) in [6.45, 7) is 6.55. The van der Waals surface area contributed by atoms with Crippen molar-refractivity contribution in [3.8, 4) is 0 Å². The lowest BCUT2D eigenvalue weighted by molar-refractivity contribution is 0.0609. The summed E-state index contributed by atoms with van der Waals surface area (Å²) in [5, 5.41) is 2.78. The molecular weight excluding hydrogens is 142 g/mol. The minimum atomic E-state index is 0.121. The normalized spacial score (nSPS) is 12.5. The summed E-state index contributed by atoms with van der Waals surface area (Å²) < 4.78 is 5.31. The van der Waals surface area contributed by atoms with Gasteiger partial charge in [0.15, 0.2) is 0 Å². The van der Waals surface area contributed by atoms with E-state index in [2.05, 4.69) is 11.8 Å². The van der Waals surface area contributed by atoms with Gasteiger partial charge in [0.05, 0.1) is 12.6 Å². The van der Waals surface area contributed by atoms with Gasteiger partial charge in [0, 0.05) is 6.61 Å². The summed E-state index contributed by atoms with van der Waals surface area (Å²) in [7, 11) is 0. The average molecular weight is 157 g/mol. The molecule has 11 heavy (non-hydrogen) atoms. The molecule has 0 aliphatic heterocycles. The maximum Gasteiger partial charge on any atom is 0.0835 e. The lowest BCUT2D eigenvalue weighted by Gasteiger charge is -2.12. The first-order chi connectivity index (χ1) is 5.35. The number of hydrogen-bond acceptors (Lipinski definition) is 3. The van der Waals surface area contributed by atoms with E-state index in [1.165, 1.54) is 0 Å². The zero-order valence-corrected chi connectivity index (χ0v) is 6.95. The summed E-state index contributed by atoms with van der Waals surface area (Å²) in [5.74, 6) is 0. The Kier molecular flexibility index (Phi) is 6.94. The Hall–Kier alpha value is -0.700. The van der Waals surface area contributed by atoms with Crippen molar-refractivity contribution >= 4 is 0 Å². The Morgan fingerprint density at radius 2 is 2.45 bits per heavy atom. The first-order valence-corrected chi connectivity index (χ1v) is 3.86. The van der Waals surface area contributed by atoms with Crippen molar-refractivity contribution in [1.82, 2.24) is 0 Å². The molecule has 0 bridgehead atoms. The SMILES string of the molecule is C=CCC(CCN=O)OCC. The van der Waals surface area contributed by atoms with E-state index in [4.69, 9.17) is 4.74 Å². The molecule has 3 heteroatoms. The second-order valence-electron chi connectivity index (χ2n) is 2.24. The van der Waals surface area contributed by atoms with Crippen LogP contribution in [0.25, 0.3) is 0 Å². The number of rotatable bonds is 7. The molecule has 0 aromatic heterocycles. The minimum absolute atomic E-state index is 0.121. The molecule has 1 unspecified atom stereocenters. The van der Waals surface area contributed by atoms with Crippen LogP contribution in [0, 0.1) is 4.91 Å². The highest BCUT2D eigenvalue weighted by Crippen LogP contribution is 2.04. The van der Waals surface area contributed by atoms with E-state index in [1.54, 1.807) is 6.08 Å². The van der Waals surface area contributed by atoms with Gasteiger partial charge in [-0.3, -0.25) is 0 Å². The van der Waals surface area contributed by atoms with E-state index in [0.29, 0.717) is 19.6 Å². The van der Waals surface area contributed by atoms with Crippen molar-refractivity contribution < 1.29 is 4.74 Å². The zero-order valence-electron chi connectivity index (χ0n) is 6.95. The maximum absolute atomic E-state index is 9.79. The van der Waals surface area contributed by atoms with Crippen molar-refractivity contribution in [3.63, 3.8) is 0 Å². The van der Waals surface area contributed by atoms with E-state index in [-0.39, 0.29) is 6.10 Å². The Labute approximate surface area is 67.4 Å². The van der Waals surface area contributed by atoms with Gasteiger partial charge in [0.25, 0.3) is 0 Å². The van der Waals surface area contributed by atoms with Gasteiger partial charge in [-0.25, -0.2) is 0 Å². The molecule has 0 saturated carbocycles. The fraction of sp³-hybridized carbons (Fsp3) is 0.750. The van der Waals surface area contributed by atoms with Gasteiger partial charge in [-0.1, -0.05) is 11.3 Å². The molecule has 0 radical (unpaired) electrons. The van der Waals surface area contributed by atoms with Crippen LogP contribution in [0.1, 0.15) is 19.8 Å². The second kappa shape index (κ2) is 7.41. The van der Waals surface area contributed by atoms with Crippen LogP contribution in [0.4, 0.5) is 0 Å². The number of nitroso groups, excluding NO2 is 1. The largest absolute Gasteiger partial charge is 0.378 e. The lowest BCUT2D eigenvalue weighted by atomic mass is 10.2. The summed E-state index contributed by atoms with van der Waals surface area (Å²) >= 11 is 0. The van der Waals surface area contributed by atoms with Crippen molar-refractivity contribution in [2.45, 2.75) is 25.9 Å². The van der Waals surface area contributed by atoms with Gasteiger partial charge in [-0.15, -0.1) is 6.58 Å². The highest BCUT2D eigenvalue weighted by molar-refractivity contribution is 4.73. The van der Waals surface area contributed by atoms with Crippen LogP contribution in [0.15, 0.2) is 17.8 Å². The monoisotopic (exact) mass is 157 g/mol. The molecule has 0 fully saturated rings. The molecule has 0 saturated heterocycles. The fourth-order valence-electron chi connectivity index (χ4n) is 0.888. The molecule has 0 heterocycles. The van der Waals surface area contributed by atoms with Crippen molar-refractivity contribution in [2.24, 2.45) is 5.18 Å². The Morgan fingerprint density at radius 3 is 2.91 bits per heavy atom. The van der Waals surface area contributed by atoms with Crippen LogP contribution < -0.4 is 0 Å². The molecule has 0 aliphatic rings. The molecule has 0 aromatic rings. The Bertz CT molecular complexity index is 115. The standard InChI is InChI=1S/C8H15NO2/c1-3-5-8(11-4-2)6-7-9-10/h3,8H,1,4-7H2,2H3. The van der Waals surface area contributed by atoms with Crippen LogP contribution in [0.3, 0.4) is 0 Å². The van der Waals surface area contributed by atoms with E-state index >= 15 is 0 Å². The number of ether oxygens (including phenoxy) is 1. The average Bonchev–Trinajstić information content (AvgIpc) is 2.01. The first kappa shape index (κ1) is 10.3. The predicted molar refractivity (Wildman–Crippen MR) is 45.5 cm³/mol. The third-order valence-electron chi connectivity index (χ3n) is 1.37. The van der Waals surface area contributed by atoms with Gasteiger partial charge in [-0.2, -0.15) is 4.91 Å². The van der Waals surface area contributed by atoms with Crippen molar-refractivity contribution in [2.75, 3.05) is 13.2 Å². The van der Waals surface area contributed by atoms with Crippen LogP contribution in [-0.4, -0.2) is 19.3 Å². The minimum Gasteiger partial charge on any atom is -0.378 e. The molecular formula is C8H15NO2. The predicted octanol–water partition coefficient (Wildman–Crippen LogP) is 2.12. The van der Waals surface area contributed by atoms with Crippen LogP contribution >= 0.6 is 0 Å². The lowest BCUT2D eigenvalue weighted by Crippen LogP contribution is -2.12. The van der Waals surface area contributed by atoms with Gasteiger partial charge in [0.1, 0.15) is 0 Å². The summed E-state index contributed by atoms with van der Waals surface area (Å²) in [5.41, 5.74) is 0. The molecule has 0 aliphatic carbocycles. The Morgan fingerprint density at radius 1 is 1.73 bits per heavy atom. The highest BCUT2D eigenvalue weighted by Gasteiger charge is 2.04. The first-order valence-electron chi connectivity index (χ1n) is 3.86. The highest BCUT2D eigenvalue weighted by atomic mass is 16.5.